The summed E-state index contributed by atoms with van der Waals surface area (Å²) in [5, 5.41) is 12.5. The lowest BCUT2D eigenvalue weighted by atomic mass is 10.0. The van der Waals surface area contributed by atoms with Crippen LogP contribution in [0, 0.1) is 32.1 Å². The van der Waals surface area contributed by atoms with Crippen molar-refractivity contribution < 1.29 is 4.74 Å². The number of nitrogens with zero attached hydrogens (tertiary/aromatic N) is 1. The van der Waals surface area contributed by atoms with Crippen LogP contribution in [0.2, 0.25) is 0 Å². The van der Waals surface area contributed by atoms with Gasteiger partial charge in [-0.3, -0.25) is 5.32 Å². The molecule has 0 aliphatic heterocycles. The van der Waals surface area contributed by atoms with Gasteiger partial charge >= 0.3 is 0 Å². The lowest BCUT2D eigenvalue weighted by Gasteiger charge is -2.26. The number of nitrogens with one attached hydrogen (secondary N) is 1. The Morgan fingerprint density at radius 3 is 2.47 bits per heavy atom. The molecule has 1 N–H and O–H groups in total. The maximum Gasteiger partial charge on any atom is 0.138 e. The molecule has 1 unspecified atom stereocenters. The second-order valence-corrected chi connectivity index (χ2v) is 5.74. The minimum Gasteiger partial charge on any atom is -0.490 e. The average Bonchev–Trinajstić information content (AvgIpc) is 2.31. The zero-order valence-electron chi connectivity index (χ0n) is 12.8. The SMILES string of the molecule is Cc1cc(C)c(C)c(OCC(C)(C#N)NC(C)C)c1. The lowest BCUT2D eigenvalue weighted by Crippen LogP contribution is -2.49. The third kappa shape index (κ3) is 4.25. The van der Waals surface area contributed by atoms with Crippen molar-refractivity contribution in [1.29, 1.82) is 5.26 Å². The minimum absolute atomic E-state index is 0.244. The first-order chi connectivity index (χ1) is 8.77. The van der Waals surface area contributed by atoms with Gasteiger partial charge in [0.2, 0.25) is 0 Å². The van der Waals surface area contributed by atoms with E-state index >= 15 is 0 Å². The Hall–Kier alpha value is -1.53. The summed E-state index contributed by atoms with van der Waals surface area (Å²) in [6, 6.07) is 6.70. The number of benzene rings is 1. The molecule has 0 saturated carbocycles. The van der Waals surface area contributed by atoms with Gasteiger partial charge in [-0.15, -0.1) is 0 Å². The van der Waals surface area contributed by atoms with Crippen molar-refractivity contribution in [2.24, 2.45) is 0 Å². The molecule has 0 aliphatic carbocycles. The summed E-state index contributed by atoms with van der Waals surface area (Å²) < 4.78 is 5.87. The van der Waals surface area contributed by atoms with Crippen LogP contribution < -0.4 is 10.1 Å². The molecule has 0 fully saturated rings. The lowest BCUT2D eigenvalue weighted by molar-refractivity contribution is 0.223. The Bertz CT molecular complexity index is 488. The zero-order chi connectivity index (χ0) is 14.6. The van der Waals surface area contributed by atoms with E-state index in [4.69, 9.17) is 4.74 Å². The summed E-state index contributed by atoms with van der Waals surface area (Å²) in [4.78, 5) is 0. The predicted octanol–water partition coefficient (Wildman–Crippen LogP) is 3.27. The molecule has 0 aliphatic rings. The van der Waals surface area contributed by atoms with Gasteiger partial charge in [0, 0.05) is 6.04 Å². The molecule has 0 heterocycles. The van der Waals surface area contributed by atoms with Crippen LogP contribution in [0.5, 0.6) is 5.75 Å². The van der Waals surface area contributed by atoms with Gasteiger partial charge in [-0.2, -0.15) is 5.26 Å². The van der Waals surface area contributed by atoms with Gasteiger partial charge in [0.05, 0.1) is 6.07 Å². The molecule has 3 heteroatoms. The Kier molecular flexibility index (Phi) is 4.97. The molecular weight excluding hydrogens is 236 g/mol. The van der Waals surface area contributed by atoms with Crippen LogP contribution in [0.3, 0.4) is 0 Å². The molecule has 19 heavy (non-hydrogen) atoms. The normalized spacial score (nSPS) is 14.0. The predicted molar refractivity (Wildman–Crippen MR) is 78.4 cm³/mol. The van der Waals surface area contributed by atoms with Crippen molar-refractivity contribution >= 4 is 0 Å². The van der Waals surface area contributed by atoms with Crippen molar-refractivity contribution in [2.75, 3.05) is 6.61 Å². The van der Waals surface area contributed by atoms with E-state index in [1.54, 1.807) is 0 Å². The molecule has 0 saturated heterocycles. The Morgan fingerprint density at radius 2 is 1.95 bits per heavy atom. The number of nitriles is 1. The first-order valence-corrected chi connectivity index (χ1v) is 6.67. The summed E-state index contributed by atoms with van der Waals surface area (Å²) in [7, 11) is 0. The standard InChI is InChI=1S/C16H24N2O/c1-11(2)18-16(6,9-17)10-19-15-8-12(3)7-13(4)14(15)5/h7-8,11,18H,10H2,1-6H3. The number of rotatable bonds is 5. The van der Waals surface area contributed by atoms with Crippen LogP contribution in [-0.2, 0) is 0 Å². The highest BCUT2D eigenvalue weighted by atomic mass is 16.5. The van der Waals surface area contributed by atoms with E-state index in [0.29, 0.717) is 6.61 Å². The van der Waals surface area contributed by atoms with Crippen molar-refractivity contribution in [2.45, 2.75) is 53.1 Å². The number of ether oxygens (including phenoxy) is 1. The third-order valence-electron chi connectivity index (χ3n) is 3.13. The number of aryl methyl sites for hydroxylation is 2. The molecular formula is C16H24N2O. The average molecular weight is 260 g/mol. The highest BCUT2D eigenvalue weighted by molar-refractivity contribution is 5.42. The summed E-state index contributed by atoms with van der Waals surface area (Å²) in [5.41, 5.74) is 2.85. The quantitative estimate of drug-likeness (QED) is 0.883. The van der Waals surface area contributed by atoms with E-state index in [0.717, 1.165) is 11.3 Å². The van der Waals surface area contributed by atoms with Crippen molar-refractivity contribution in [3.63, 3.8) is 0 Å². The number of hydrogen-bond donors (Lipinski definition) is 1. The van der Waals surface area contributed by atoms with Crippen molar-refractivity contribution in [3.05, 3.63) is 28.8 Å². The van der Waals surface area contributed by atoms with Gasteiger partial charge in [-0.1, -0.05) is 6.07 Å². The fourth-order valence-corrected chi connectivity index (χ4v) is 2.12. The van der Waals surface area contributed by atoms with Crippen molar-refractivity contribution in [1.82, 2.24) is 5.32 Å². The molecule has 3 nitrogen and oxygen atoms in total. The molecule has 1 aromatic rings. The highest BCUT2D eigenvalue weighted by Gasteiger charge is 2.25. The van der Waals surface area contributed by atoms with Crippen LogP contribution in [0.25, 0.3) is 0 Å². The van der Waals surface area contributed by atoms with Crippen LogP contribution in [-0.4, -0.2) is 18.2 Å². The van der Waals surface area contributed by atoms with Gasteiger partial charge in [0.1, 0.15) is 17.9 Å². The van der Waals surface area contributed by atoms with Crippen LogP contribution in [0.1, 0.15) is 37.5 Å². The van der Waals surface area contributed by atoms with Gasteiger partial charge in [0.25, 0.3) is 0 Å². The highest BCUT2D eigenvalue weighted by Crippen LogP contribution is 2.24. The van der Waals surface area contributed by atoms with E-state index in [9.17, 15) is 5.26 Å². The van der Waals surface area contributed by atoms with Crippen LogP contribution >= 0.6 is 0 Å². The Labute approximate surface area is 116 Å². The molecule has 1 rings (SSSR count). The largest absolute Gasteiger partial charge is 0.490 e. The third-order valence-corrected chi connectivity index (χ3v) is 3.13. The molecule has 0 aromatic heterocycles. The minimum atomic E-state index is -0.668. The molecule has 1 aromatic carbocycles. The Morgan fingerprint density at radius 1 is 1.32 bits per heavy atom. The number of hydrogen-bond acceptors (Lipinski definition) is 3. The molecule has 1 atom stereocenters. The summed E-state index contributed by atoms with van der Waals surface area (Å²) in [6.07, 6.45) is 0. The molecule has 0 spiro atoms. The second-order valence-electron chi connectivity index (χ2n) is 5.74. The van der Waals surface area contributed by atoms with E-state index in [1.807, 2.05) is 33.8 Å². The topological polar surface area (TPSA) is 45.0 Å². The maximum atomic E-state index is 9.30. The fourth-order valence-electron chi connectivity index (χ4n) is 2.12. The molecule has 0 bridgehead atoms. The van der Waals surface area contributed by atoms with E-state index < -0.39 is 5.54 Å². The first kappa shape index (κ1) is 15.5. The van der Waals surface area contributed by atoms with E-state index in [1.165, 1.54) is 11.1 Å². The van der Waals surface area contributed by atoms with Gasteiger partial charge < -0.3 is 4.74 Å². The van der Waals surface area contributed by atoms with E-state index in [-0.39, 0.29) is 6.04 Å². The summed E-state index contributed by atoms with van der Waals surface area (Å²) in [5.74, 6) is 0.865. The van der Waals surface area contributed by atoms with Gasteiger partial charge in [-0.05, 0) is 64.3 Å². The monoisotopic (exact) mass is 260 g/mol. The van der Waals surface area contributed by atoms with Gasteiger partial charge in [0.15, 0.2) is 0 Å². The van der Waals surface area contributed by atoms with Crippen LogP contribution in [0.4, 0.5) is 0 Å². The van der Waals surface area contributed by atoms with E-state index in [2.05, 4.69) is 31.3 Å². The first-order valence-electron chi connectivity index (χ1n) is 6.67. The molecule has 0 radical (unpaired) electrons. The van der Waals surface area contributed by atoms with Crippen LogP contribution in [0.15, 0.2) is 12.1 Å². The smallest absolute Gasteiger partial charge is 0.138 e. The molecule has 104 valence electrons. The summed E-state index contributed by atoms with van der Waals surface area (Å²) >= 11 is 0. The second kappa shape index (κ2) is 6.08. The van der Waals surface area contributed by atoms with Crippen molar-refractivity contribution in [3.8, 4) is 11.8 Å². The molecule has 0 amide bonds. The summed E-state index contributed by atoms with van der Waals surface area (Å²) in [6.45, 7) is 12.4. The zero-order valence-corrected chi connectivity index (χ0v) is 12.8. The fraction of sp³-hybridized carbons (Fsp3) is 0.562. The maximum absolute atomic E-state index is 9.30. The van der Waals surface area contributed by atoms with Gasteiger partial charge in [-0.25, -0.2) is 0 Å². The Balaban J connectivity index is 2.84.